The van der Waals surface area contributed by atoms with Crippen molar-refractivity contribution in [3.63, 3.8) is 0 Å². The van der Waals surface area contributed by atoms with Gasteiger partial charge in [0.15, 0.2) is 4.80 Å². The zero-order chi connectivity index (χ0) is 24.4. The summed E-state index contributed by atoms with van der Waals surface area (Å²) in [5.41, 5.74) is 1.90. The third-order valence-corrected chi connectivity index (χ3v) is 6.65. The van der Waals surface area contributed by atoms with Crippen LogP contribution in [0.4, 0.5) is 0 Å². The van der Waals surface area contributed by atoms with E-state index in [2.05, 4.69) is 4.99 Å². The first-order valence-electron chi connectivity index (χ1n) is 10.5. The van der Waals surface area contributed by atoms with Crippen LogP contribution in [0.1, 0.15) is 31.0 Å². The number of esters is 1. The number of allylic oxidation sites excluding steroid dienone is 1. The third kappa shape index (κ3) is 4.38. The summed E-state index contributed by atoms with van der Waals surface area (Å²) in [4.78, 5) is 31.8. The number of hydrogen-bond donors (Lipinski definition) is 0. The van der Waals surface area contributed by atoms with Crippen molar-refractivity contribution in [1.29, 1.82) is 0 Å². The Morgan fingerprint density at radius 1 is 1.18 bits per heavy atom. The highest BCUT2D eigenvalue weighted by Crippen LogP contribution is 2.37. The van der Waals surface area contributed by atoms with E-state index in [1.807, 2.05) is 12.1 Å². The number of fused-ring (bicyclic) bond motifs is 1. The smallest absolute Gasteiger partial charge is 0.338 e. The van der Waals surface area contributed by atoms with Gasteiger partial charge in [0, 0.05) is 10.6 Å². The van der Waals surface area contributed by atoms with E-state index in [1.54, 1.807) is 57.4 Å². The number of thiazole rings is 1. The molecule has 0 fully saturated rings. The van der Waals surface area contributed by atoms with Crippen molar-refractivity contribution in [2.75, 3.05) is 20.8 Å². The number of methoxy groups -OCH3 is 2. The lowest BCUT2D eigenvalue weighted by Crippen LogP contribution is -2.40. The molecule has 34 heavy (non-hydrogen) atoms. The first-order valence-corrected chi connectivity index (χ1v) is 11.7. The molecule has 3 aromatic rings. The van der Waals surface area contributed by atoms with Crippen LogP contribution in [0.3, 0.4) is 0 Å². The minimum absolute atomic E-state index is 0.193. The van der Waals surface area contributed by atoms with Gasteiger partial charge in [-0.05, 0) is 55.8 Å². The van der Waals surface area contributed by atoms with E-state index in [1.165, 1.54) is 23.0 Å². The number of hydrogen-bond acceptors (Lipinski definition) is 7. The molecule has 9 heteroatoms. The molecule has 1 atom stereocenters. The van der Waals surface area contributed by atoms with Crippen LogP contribution in [0.2, 0.25) is 5.02 Å². The number of carbonyl (C=O) groups excluding carboxylic acids is 1. The second-order valence-corrected chi connectivity index (χ2v) is 8.91. The fourth-order valence-corrected chi connectivity index (χ4v) is 5.02. The third-order valence-electron chi connectivity index (χ3n) is 5.42. The summed E-state index contributed by atoms with van der Waals surface area (Å²) in [5, 5.41) is 0.610. The molecule has 0 saturated heterocycles. The Balaban J connectivity index is 2.01. The molecule has 0 radical (unpaired) electrons. The van der Waals surface area contributed by atoms with Crippen molar-refractivity contribution in [3.05, 3.63) is 89.6 Å². The minimum atomic E-state index is -0.798. The normalized spacial score (nSPS) is 15.6. The first-order chi connectivity index (χ1) is 16.4. The van der Waals surface area contributed by atoms with E-state index in [0.29, 0.717) is 37.1 Å². The van der Waals surface area contributed by atoms with Gasteiger partial charge >= 0.3 is 5.97 Å². The summed E-state index contributed by atoms with van der Waals surface area (Å²) in [5.74, 6) is 0.539. The van der Waals surface area contributed by atoms with Crippen LogP contribution in [0.5, 0.6) is 11.5 Å². The molecule has 0 aliphatic carbocycles. The van der Waals surface area contributed by atoms with Gasteiger partial charge in [-0.1, -0.05) is 35.1 Å². The number of ether oxygens (including phenoxy) is 3. The summed E-state index contributed by atoms with van der Waals surface area (Å²) in [6, 6.07) is 11.7. The first kappa shape index (κ1) is 23.8. The highest BCUT2D eigenvalue weighted by atomic mass is 35.5. The molecule has 7 nitrogen and oxygen atoms in total. The Bertz CT molecular complexity index is 1450. The molecular weight excluding hydrogens is 476 g/mol. The standard InChI is InChI=1S/C25H23ClN2O5S/c1-5-33-24(30)21-14(2)27-25-28(22(21)18-13-17(31-3)10-11-19(18)32-4)23(29)20(34-25)12-15-6-8-16(26)9-7-15/h6-13,22H,5H2,1-4H3/b20-12-/t22-/m0/s1. The van der Waals surface area contributed by atoms with Crippen molar-refractivity contribution in [3.8, 4) is 11.5 Å². The van der Waals surface area contributed by atoms with Gasteiger partial charge < -0.3 is 14.2 Å². The van der Waals surface area contributed by atoms with E-state index in [0.717, 1.165) is 5.56 Å². The van der Waals surface area contributed by atoms with Crippen LogP contribution in [-0.4, -0.2) is 31.4 Å². The van der Waals surface area contributed by atoms with Gasteiger partial charge in [-0.2, -0.15) is 0 Å². The molecule has 1 aliphatic heterocycles. The highest BCUT2D eigenvalue weighted by Gasteiger charge is 2.35. The van der Waals surface area contributed by atoms with Crippen LogP contribution in [0.25, 0.3) is 6.08 Å². The molecule has 0 saturated carbocycles. The van der Waals surface area contributed by atoms with Crippen molar-refractivity contribution < 1.29 is 19.0 Å². The second kappa shape index (κ2) is 9.87. The Morgan fingerprint density at radius 2 is 1.91 bits per heavy atom. The van der Waals surface area contributed by atoms with E-state index in [4.69, 9.17) is 25.8 Å². The van der Waals surface area contributed by atoms with Crippen LogP contribution in [0.15, 0.2) is 63.5 Å². The molecule has 1 aliphatic rings. The zero-order valence-electron chi connectivity index (χ0n) is 19.1. The maximum atomic E-state index is 13.7. The molecule has 4 rings (SSSR count). The average Bonchev–Trinajstić information content (AvgIpc) is 3.13. The number of halogens is 1. The molecule has 2 aromatic carbocycles. The predicted octanol–water partition coefficient (Wildman–Crippen LogP) is 3.47. The number of aromatic nitrogens is 1. The molecular formula is C25H23ClN2O5S. The molecule has 0 amide bonds. The quantitative estimate of drug-likeness (QED) is 0.486. The second-order valence-electron chi connectivity index (χ2n) is 7.46. The Hall–Kier alpha value is -3.36. The van der Waals surface area contributed by atoms with Crippen molar-refractivity contribution in [1.82, 2.24) is 4.57 Å². The summed E-state index contributed by atoms with van der Waals surface area (Å²) >= 11 is 7.24. The zero-order valence-corrected chi connectivity index (χ0v) is 20.7. The summed E-state index contributed by atoms with van der Waals surface area (Å²) in [7, 11) is 3.09. The molecule has 0 spiro atoms. The number of nitrogens with zero attached hydrogens (tertiary/aromatic N) is 2. The summed E-state index contributed by atoms with van der Waals surface area (Å²) in [6.07, 6.45) is 1.78. The lowest BCUT2D eigenvalue weighted by atomic mass is 9.94. The van der Waals surface area contributed by atoms with Crippen LogP contribution < -0.4 is 24.4 Å². The van der Waals surface area contributed by atoms with E-state index in [-0.39, 0.29) is 17.7 Å². The number of rotatable bonds is 6. The molecule has 2 heterocycles. The fourth-order valence-electron chi connectivity index (χ4n) is 3.85. The monoisotopic (exact) mass is 498 g/mol. The van der Waals surface area contributed by atoms with Crippen LogP contribution in [0, 0.1) is 0 Å². The summed E-state index contributed by atoms with van der Waals surface area (Å²) < 4.78 is 18.3. The van der Waals surface area contributed by atoms with Crippen LogP contribution >= 0.6 is 22.9 Å². The maximum absolute atomic E-state index is 13.7. The molecule has 0 bridgehead atoms. The van der Waals surface area contributed by atoms with E-state index >= 15 is 0 Å². The molecule has 176 valence electrons. The van der Waals surface area contributed by atoms with Crippen LogP contribution in [-0.2, 0) is 9.53 Å². The topological polar surface area (TPSA) is 79.1 Å². The summed E-state index contributed by atoms with van der Waals surface area (Å²) in [6.45, 7) is 3.66. The molecule has 0 unspecified atom stereocenters. The maximum Gasteiger partial charge on any atom is 0.338 e. The van der Waals surface area contributed by atoms with Gasteiger partial charge in [-0.15, -0.1) is 0 Å². The average molecular weight is 499 g/mol. The van der Waals surface area contributed by atoms with Gasteiger partial charge in [-0.3, -0.25) is 9.36 Å². The lowest BCUT2D eigenvalue weighted by Gasteiger charge is -2.26. The van der Waals surface area contributed by atoms with Crippen molar-refractivity contribution in [2.24, 2.45) is 4.99 Å². The number of carbonyl (C=O) groups is 1. The highest BCUT2D eigenvalue weighted by molar-refractivity contribution is 7.07. The molecule has 1 aromatic heterocycles. The number of benzene rings is 2. The Labute approximate surface area is 205 Å². The van der Waals surface area contributed by atoms with E-state index in [9.17, 15) is 9.59 Å². The van der Waals surface area contributed by atoms with Gasteiger partial charge in [0.2, 0.25) is 0 Å². The fraction of sp³-hybridized carbons (Fsp3) is 0.240. The Kier molecular flexibility index (Phi) is 6.90. The van der Waals surface area contributed by atoms with Gasteiger partial charge in [-0.25, -0.2) is 9.79 Å². The van der Waals surface area contributed by atoms with Gasteiger partial charge in [0.25, 0.3) is 5.56 Å². The van der Waals surface area contributed by atoms with E-state index < -0.39 is 12.0 Å². The van der Waals surface area contributed by atoms with Crippen molar-refractivity contribution >= 4 is 35.0 Å². The lowest BCUT2D eigenvalue weighted by molar-refractivity contribution is -0.139. The van der Waals surface area contributed by atoms with Gasteiger partial charge in [0.05, 0.1) is 36.6 Å². The largest absolute Gasteiger partial charge is 0.497 e. The molecule has 0 N–H and O–H groups in total. The Morgan fingerprint density at radius 3 is 2.56 bits per heavy atom. The van der Waals surface area contributed by atoms with Crippen molar-refractivity contribution in [2.45, 2.75) is 19.9 Å². The van der Waals surface area contributed by atoms with Gasteiger partial charge in [0.1, 0.15) is 17.5 Å². The minimum Gasteiger partial charge on any atom is -0.497 e. The predicted molar refractivity (Wildman–Crippen MR) is 131 cm³/mol. The SMILES string of the molecule is CCOC(=O)C1=C(C)N=c2s/c(=C\c3ccc(Cl)cc3)c(=O)n2[C@H]1c1cc(OC)ccc1OC.